The molecule has 0 aliphatic carbocycles. The Morgan fingerprint density at radius 1 is 1.24 bits per heavy atom. The molecule has 8 heteroatoms. The van der Waals surface area contributed by atoms with Crippen LogP contribution >= 0.6 is 0 Å². The third-order valence-corrected chi connectivity index (χ3v) is 3.78. The van der Waals surface area contributed by atoms with Crippen molar-refractivity contribution >= 4 is 17.8 Å². The minimum absolute atomic E-state index is 0.0670. The van der Waals surface area contributed by atoms with Gasteiger partial charge in [0.2, 0.25) is 5.91 Å². The second kappa shape index (κ2) is 5.47. The molecule has 3 heterocycles. The number of carbonyl (C=O) groups is 3. The second-order valence-electron chi connectivity index (χ2n) is 5.04. The summed E-state index contributed by atoms with van der Waals surface area (Å²) in [6, 6.07) is -0.468. The zero-order valence-corrected chi connectivity index (χ0v) is 11.4. The van der Waals surface area contributed by atoms with Crippen molar-refractivity contribution in [1.29, 1.82) is 0 Å². The molecular weight excluding hydrogens is 274 g/mol. The smallest absolute Gasteiger partial charge is 0.324 e. The van der Waals surface area contributed by atoms with E-state index < -0.39 is 0 Å². The molecule has 2 aliphatic rings. The molecule has 0 spiro atoms. The molecule has 0 saturated carbocycles. The van der Waals surface area contributed by atoms with E-state index in [-0.39, 0.29) is 30.4 Å². The predicted molar refractivity (Wildman–Crippen MR) is 71.2 cm³/mol. The fourth-order valence-electron chi connectivity index (χ4n) is 2.70. The summed E-state index contributed by atoms with van der Waals surface area (Å²) in [6.07, 6.45) is 5.61. The van der Waals surface area contributed by atoms with Crippen molar-refractivity contribution in [3.63, 3.8) is 0 Å². The predicted octanol–water partition coefficient (Wildman–Crippen LogP) is -0.367. The maximum Gasteiger partial charge on any atom is 0.324 e. The third kappa shape index (κ3) is 2.56. The lowest BCUT2D eigenvalue weighted by atomic mass is 10.0. The Morgan fingerprint density at radius 2 is 2.00 bits per heavy atom. The van der Waals surface area contributed by atoms with E-state index in [0.717, 1.165) is 0 Å². The molecule has 1 aromatic heterocycles. The highest BCUT2D eigenvalue weighted by atomic mass is 16.2. The lowest BCUT2D eigenvalue weighted by Gasteiger charge is -2.35. The van der Waals surface area contributed by atoms with Crippen molar-refractivity contribution in [2.24, 2.45) is 0 Å². The molecule has 110 valence electrons. The fourth-order valence-corrected chi connectivity index (χ4v) is 2.70. The molecule has 2 fully saturated rings. The fraction of sp³-hybridized carbons (Fsp3) is 0.462. The van der Waals surface area contributed by atoms with Crippen LogP contribution in [0.2, 0.25) is 0 Å². The Labute approximate surface area is 121 Å². The highest BCUT2D eigenvalue weighted by Crippen LogP contribution is 2.19. The largest absolute Gasteiger partial charge is 0.337 e. The van der Waals surface area contributed by atoms with Crippen molar-refractivity contribution in [2.75, 3.05) is 19.6 Å². The molecule has 21 heavy (non-hydrogen) atoms. The van der Waals surface area contributed by atoms with Crippen molar-refractivity contribution in [3.05, 3.63) is 24.3 Å². The monoisotopic (exact) mass is 289 g/mol. The van der Waals surface area contributed by atoms with E-state index in [1.165, 1.54) is 23.5 Å². The number of urea groups is 1. The topological polar surface area (TPSA) is 95.5 Å². The van der Waals surface area contributed by atoms with Crippen LogP contribution in [0, 0.1) is 0 Å². The number of nitrogens with zero attached hydrogens (tertiary/aromatic N) is 4. The molecule has 1 N–H and O–H groups in total. The number of likely N-dealkylation sites (tertiary alicyclic amines) is 1. The van der Waals surface area contributed by atoms with Crippen molar-refractivity contribution in [3.8, 4) is 0 Å². The Balaban J connectivity index is 1.62. The van der Waals surface area contributed by atoms with E-state index in [1.807, 2.05) is 0 Å². The maximum absolute atomic E-state index is 12.2. The minimum atomic E-state index is -0.335. The number of rotatable bonds is 2. The van der Waals surface area contributed by atoms with E-state index in [0.29, 0.717) is 31.6 Å². The lowest BCUT2D eigenvalue weighted by Crippen LogP contribution is -2.49. The van der Waals surface area contributed by atoms with E-state index in [1.54, 1.807) is 4.90 Å². The van der Waals surface area contributed by atoms with Gasteiger partial charge in [0.05, 0.1) is 12.7 Å². The van der Waals surface area contributed by atoms with Crippen LogP contribution in [0.4, 0.5) is 4.79 Å². The van der Waals surface area contributed by atoms with Gasteiger partial charge in [-0.3, -0.25) is 19.5 Å². The van der Waals surface area contributed by atoms with Gasteiger partial charge in [0.15, 0.2) is 0 Å². The summed E-state index contributed by atoms with van der Waals surface area (Å²) in [6.45, 7) is 1.06. The normalized spacial score (nSPS) is 19.8. The zero-order valence-electron chi connectivity index (χ0n) is 11.4. The summed E-state index contributed by atoms with van der Waals surface area (Å²) in [4.78, 5) is 46.3. The quantitative estimate of drug-likeness (QED) is 0.750. The van der Waals surface area contributed by atoms with Gasteiger partial charge >= 0.3 is 6.03 Å². The molecule has 2 aliphatic heterocycles. The Kier molecular flexibility index (Phi) is 3.51. The van der Waals surface area contributed by atoms with Gasteiger partial charge in [-0.05, 0) is 12.8 Å². The highest BCUT2D eigenvalue weighted by Gasteiger charge is 2.37. The summed E-state index contributed by atoms with van der Waals surface area (Å²) in [5.74, 6) is -0.363. The Bertz CT molecular complexity index is 552. The highest BCUT2D eigenvalue weighted by molar-refractivity contribution is 6.02. The standard InChI is InChI=1S/C13H15N5O3/c19-11-8-16-13(21)18(11)9-1-5-17(6-2-9)12(20)10-7-14-3-4-15-10/h3-4,7,9H,1-2,5-6,8H2,(H,16,21). The number of amides is 4. The number of hydrogen-bond acceptors (Lipinski definition) is 5. The molecular formula is C13H15N5O3. The van der Waals surface area contributed by atoms with Crippen LogP contribution < -0.4 is 5.32 Å². The number of piperidine rings is 1. The van der Waals surface area contributed by atoms with Crippen molar-refractivity contribution in [2.45, 2.75) is 18.9 Å². The molecule has 4 amide bonds. The van der Waals surface area contributed by atoms with Crippen LogP contribution in [0.1, 0.15) is 23.3 Å². The molecule has 1 aromatic rings. The van der Waals surface area contributed by atoms with Crippen LogP contribution in [0.5, 0.6) is 0 Å². The van der Waals surface area contributed by atoms with Gasteiger partial charge in [-0.1, -0.05) is 0 Å². The first-order chi connectivity index (χ1) is 10.2. The Morgan fingerprint density at radius 3 is 2.57 bits per heavy atom. The number of carbonyl (C=O) groups excluding carboxylic acids is 3. The van der Waals surface area contributed by atoms with E-state index in [4.69, 9.17) is 0 Å². The van der Waals surface area contributed by atoms with Gasteiger partial charge in [0, 0.05) is 31.5 Å². The van der Waals surface area contributed by atoms with E-state index in [9.17, 15) is 14.4 Å². The van der Waals surface area contributed by atoms with Crippen molar-refractivity contribution < 1.29 is 14.4 Å². The average molecular weight is 289 g/mol. The number of imide groups is 1. The first-order valence-electron chi connectivity index (χ1n) is 6.82. The van der Waals surface area contributed by atoms with E-state index >= 15 is 0 Å². The maximum atomic E-state index is 12.2. The number of nitrogens with one attached hydrogen (secondary N) is 1. The lowest BCUT2D eigenvalue weighted by molar-refractivity contribution is -0.127. The third-order valence-electron chi connectivity index (χ3n) is 3.78. The van der Waals surface area contributed by atoms with Gasteiger partial charge in [-0.25, -0.2) is 9.78 Å². The van der Waals surface area contributed by atoms with Crippen LogP contribution in [-0.2, 0) is 4.79 Å². The summed E-state index contributed by atoms with van der Waals surface area (Å²) >= 11 is 0. The number of aromatic nitrogens is 2. The second-order valence-corrected chi connectivity index (χ2v) is 5.04. The molecule has 8 nitrogen and oxygen atoms in total. The van der Waals surface area contributed by atoms with Crippen LogP contribution in [0.3, 0.4) is 0 Å². The molecule has 0 bridgehead atoms. The first kappa shape index (κ1) is 13.5. The SMILES string of the molecule is O=C(c1cnccn1)N1CCC(N2C(=O)CNC2=O)CC1. The molecule has 0 unspecified atom stereocenters. The summed E-state index contributed by atoms with van der Waals surface area (Å²) < 4.78 is 0. The summed E-state index contributed by atoms with van der Waals surface area (Å²) in [5.41, 5.74) is 0.311. The van der Waals surface area contributed by atoms with Crippen molar-refractivity contribution in [1.82, 2.24) is 25.1 Å². The van der Waals surface area contributed by atoms with Crippen LogP contribution in [0.15, 0.2) is 18.6 Å². The molecule has 2 saturated heterocycles. The van der Waals surface area contributed by atoms with Gasteiger partial charge < -0.3 is 10.2 Å². The van der Waals surface area contributed by atoms with Gasteiger partial charge in [0.1, 0.15) is 5.69 Å². The van der Waals surface area contributed by atoms with E-state index in [2.05, 4.69) is 15.3 Å². The average Bonchev–Trinajstić information content (AvgIpc) is 2.87. The van der Waals surface area contributed by atoms with Gasteiger partial charge in [-0.2, -0.15) is 0 Å². The zero-order chi connectivity index (χ0) is 14.8. The first-order valence-corrected chi connectivity index (χ1v) is 6.82. The molecule has 0 atom stereocenters. The van der Waals surface area contributed by atoms with Gasteiger partial charge in [-0.15, -0.1) is 0 Å². The molecule has 3 rings (SSSR count). The van der Waals surface area contributed by atoms with Crippen LogP contribution in [0.25, 0.3) is 0 Å². The van der Waals surface area contributed by atoms with Gasteiger partial charge in [0.25, 0.3) is 5.91 Å². The summed E-state index contributed by atoms with van der Waals surface area (Å²) in [7, 11) is 0. The minimum Gasteiger partial charge on any atom is -0.337 e. The molecule has 0 radical (unpaired) electrons. The number of hydrogen-bond donors (Lipinski definition) is 1. The van der Waals surface area contributed by atoms with Crippen LogP contribution in [-0.4, -0.2) is 63.3 Å². The molecule has 0 aromatic carbocycles. The summed E-state index contributed by atoms with van der Waals surface area (Å²) in [5, 5.41) is 2.52. The Hall–Kier alpha value is -2.51.